The zero-order valence-corrected chi connectivity index (χ0v) is 15.7. The monoisotopic (exact) mass is 363 g/mol. The van der Waals surface area contributed by atoms with Crippen LogP contribution in [0.2, 0.25) is 0 Å². The highest BCUT2D eigenvalue weighted by molar-refractivity contribution is 7.07. The number of rotatable bonds is 6. The lowest BCUT2D eigenvalue weighted by atomic mass is 10.1. The van der Waals surface area contributed by atoms with Crippen LogP contribution in [0.4, 0.5) is 0 Å². The van der Waals surface area contributed by atoms with Crippen molar-refractivity contribution in [2.45, 2.75) is 13.5 Å². The van der Waals surface area contributed by atoms with Gasteiger partial charge in [-0.05, 0) is 42.3 Å². The number of hydrogen-bond acceptors (Lipinski definition) is 4. The van der Waals surface area contributed by atoms with Crippen LogP contribution < -0.4 is 9.54 Å². The van der Waals surface area contributed by atoms with E-state index in [0.717, 1.165) is 33.1 Å². The number of allylic oxidation sites excluding steroid dienone is 1. The van der Waals surface area contributed by atoms with Crippen molar-refractivity contribution in [1.82, 2.24) is 4.57 Å². The maximum atomic E-state index is 5.19. The van der Waals surface area contributed by atoms with E-state index in [4.69, 9.17) is 4.74 Å². The molecule has 0 N–H and O–H groups in total. The summed E-state index contributed by atoms with van der Waals surface area (Å²) in [5, 5.41) is 11.0. The molecule has 0 saturated heterocycles. The Morgan fingerprint density at radius 2 is 1.88 bits per heavy atom. The third-order valence-corrected chi connectivity index (χ3v) is 4.83. The number of hydrogen-bond donors (Lipinski definition) is 0. The number of nitrogens with zero attached hydrogens (tertiary/aromatic N) is 3. The highest BCUT2D eigenvalue weighted by atomic mass is 32.1. The van der Waals surface area contributed by atoms with E-state index in [0.29, 0.717) is 6.54 Å². The van der Waals surface area contributed by atoms with E-state index in [1.807, 2.05) is 55.5 Å². The molecule has 3 aromatic rings. The van der Waals surface area contributed by atoms with E-state index in [1.165, 1.54) is 0 Å². The molecule has 0 atom stereocenters. The predicted molar refractivity (Wildman–Crippen MR) is 109 cm³/mol. The summed E-state index contributed by atoms with van der Waals surface area (Å²) in [6.07, 6.45) is 1.87. The molecule has 0 aliphatic carbocycles. The molecule has 0 aliphatic heterocycles. The lowest BCUT2D eigenvalue weighted by molar-refractivity contribution is 0.415. The largest absolute Gasteiger partial charge is 0.497 e. The van der Waals surface area contributed by atoms with E-state index < -0.39 is 0 Å². The highest BCUT2D eigenvalue weighted by Gasteiger charge is 2.06. The molecule has 5 heteroatoms. The van der Waals surface area contributed by atoms with Crippen molar-refractivity contribution >= 4 is 17.0 Å². The second-order valence-corrected chi connectivity index (χ2v) is 6.52. The molecule has 4 nitrogen and oxygen atoms in total. The molecular weight excluding hydrogens is 342 g/mol. The molecule has 0 spiro atoms. The van der Waals surface area contributed by atoms with Gasteiger partial charge in [-0.25, -0.2) is 0 Å². The van der Waals surface area contributed by atoms with E-state index in [1.54, 1.807) is 18.4 Å². The molecule has 0 amide bonds. The number of benzene rings is 2. The van der Waals surface area contributed by atoms with Crippen molar-refractivity contribution in [2.24, 2.45) is 10.2 Å². The van der Waals surface area contributed by atoms with E-state index >= 15 is 0 Å². The summed E-state index contributed by atoms with van der Waals surface area (Å²) in [6.45, 7) is 6.50. The minimum Gasteiger partial charge on any atom is -0.497 e. The van der Waals surface area contributed by atoms with E-state index in [-0.39, 0.29) is 0 Å². The first-order chi connectivity index (χ1) is 12.7. The third-order valence-electron chi connectivity index (χ3n) is 3.97. The predicted octanol–water partition coefficient (Wildman–Crippen LogP) is 4.74. The molecule has 26 heavy (non-hydrogen) atoms. The minimum absolute atomic E-state index is 0.684. The SMILES string of the molecule is C=CCn1c(-c2ccccc2)cs/c1=N\N=C(\C)c1ccc(OC)cc1. The maximum absolute atomic E-state index is 5.19. The Hall–Kier alpha value is -2.92. The van der Waals surface area contributed by atoms with Gasteiger partial charge in [0, 0.05) is 11.9 Å². The second kappa shape index (κ2) is 8.45. The summed E-state index contributed by atoms with van der Waals surface area (Å²) in [7, 11) is 1.66. The number of ether oxygens (including phenoxy) is 1. The van der Waals surface area contributed by atoms with Crippen molar-refractivity contribution in [1.29, 1.82) is 0 Å². The lowest BCUT2D eigenvalue weighted by Crippen LogP contribution is -2.15. The molecule has 0 unspecified atom stereocenters. The maximum Gasteiger partial charge on any atom is 0.211 e. The van der Waals surface area contributed by atoms with Gasteiger partial charge < -0.3 is 9.30 Å². The summed E-state index contributed by atoms with van der Waals surface area (Å²) < 4.78 is 7.31. The van der Waals surface area contributed by atoms with E-state index in [2.05, 4.69) is 38.9 Å². The average Bonchev–Trinajstić information content (AvgIpc) is 3.10. The van der Waals surface area contributed by atoms with Crippen LogP contribution in [0.15, 0.2) is 82.8 Å². The Balaban J connectivity index is 1.97. The molecule has 0 aliphatic rings. The Morgan fingerprint density at radius 1 is 1.15 bits per heavy atom. The third kappa shape index (κ3) is 4.00. The molecular formula is C21H21N3OS. The number of methoxy groups -OCH3 is 1. The first kappa shape index (κ1) is 17.9. The molecule has 0 fully saturated rings. The Labute approximate surface area is 157 Å². The van der Waals surface area contributed by atoms with Gasteiger partial charge in [0.05, 0.1) is 18.5 Å². The van der Waals surface area contributed by atoms with Crippen LogP contribution in [0.5, 0.6) is 5.75 Å². The van der Waals surface area contributed by atoms with Crippen LogP contribution in [0.25, 0.3) is 11.3 Å². The summed E-state index contributed by atoms with van der Waals surface area (Å²) in [5.41, 5.74) is 4.14. The molecule has 3 rings (SSSR count). The molecule has 0 saturated carbocycles. The molecule has 2 aromatic carbocycles. The van der Waals surface area contributed by atoms with Gasteiger partial charge in [-0.1, -0.05) is 36.4 Å². The Bertz CT molecular complexity index is 966. The normalized spacial score (nSPS) is 12.2. The van der Waals surface area contributed by atoms with Crippen LogP contribution in [0.1, 0.15) is 12.5 Å². The van der Waals surface area contributed by atoms with Crippen LogP contribution in [-0.4, -0.2) is 17.4 Å². The highest BCUT2D eigenvalue weighted by Crippen LogP contribution is 2.19. The van der Waals surface area contributed by atoms with E-state index in [9.17, 15) is 0 Å². The van der Waals surface area contributed by atoms with Gasteiger partial charge in [-0.3, -0.25) is 0 Å². The Morgan fingerprint density at radius 3 is 2.54 bits per heavy atom. The minimum atomic E-state index is 0.684. The van der Waals surface area contributed by atoms with Crippen molar-refractivity contribution in [3.8, 4) is 17.0 Å². The van der Waals surface area contributed by atoms with Crippen LogP contribution >= 0.6 is 11.3 Å². The van der Waals surface area contributed by atoms with Gasteiger partial charge in [0.15, 0.2) is 0 Å². The van der Waals surface area contributed by atoms with Crippen LogP contribution in [0, 0.1) is 0 Å². The lowest BCUT2D eigenvalue weighted by Gasteiger charge is -2.05. The molecule has 132 valence electrons. The fourth-order valence-corrected chi connectivity index (χ4v) is 3.43. The average molecular weight is 363 g/mol. The summed E-state index contributed by atoms with van der Waals surface area (Å²) in [4.78, 5) is 0.844. The number of thiazole rings is 1. The zero-order chi connectivity index (χ0) is 18.4. The fraction of sp³-hybridized carbons (Fsp3) is 0.143. The first-order valence-corrected chi connectivity index (χ1v) is 9.18. The van der Waals surface area contributed by atoms with Crippen LogP contribution in [-0.2, 0) is 6.54 Å². The first-order valence-electron chi connectivity index (χ1n) is 8.30. The zero-order valence-electron chi connectivity index (χ0n) is 14.9. The molecule has 0 radical (unpaired) electrons. The fourth-order valence-electron chi connectivity index (χ4n) is 2.56. The topological polar surface area (TPSA) is 38.9 Å². The summed E-state index contributed by atoms with van der Waals surface area (Å²) >= 11 is 1.58. The summed E-state index contributed by atoms with van der Waals surface area (Å²) in [6, 6.07) is 18.1. The van der Waals surface area contributed by atoms with Gasteiger partial charge in [-0.15, -0.1) is 23.0 Å². The van der Waals surface area contributed by atoms with Crippen molar-refractivity contribution in [3.63, 3.8) is 0 Å². The van der Waals surface area contributed by atoms with Gasteiger partial charge in [-0.2, -0.15) is 5.10 Å². The van der Waals surface area contributed by atoms with Gasteiger partial charge in [0.25, 0.3) is 0 Å². The molecule has 0 bridgehead atoms. The smallest absolute Gasteiger partial charge is 0.211 e. The summed E-state index contributed by atoms with van der Waals surface area (Å²) in [5.74, 6) is 0.827. The second-order valence-electron chi connectivity index (χ2n) is 5.68. The molecule has 1 heterocycles. The molecule has 1 aromatic heterocycles. The standard InChI is InChI=1S/C21H21N3OS/c1-4-14-24-20(18-8-6-5-7-9-18)15-26-21(24)23-22-16(2)17-10-12-19(25-3)13-11-17/h4-13,15H,1,14H2,2-3H3/b22-16-,23-21-. The van der Waals surface area contributed by atoms with Crippen molar-refractivity contribution in [3.05, 3.63) is 83.0 Å². The van der Waals surface area contributed by atoms with Gasteiger partial charge >= 0.3 is 0 Å². The quantitative estimate of drug-likeness (QED) is 0.354. The number of aromatic nitrogens is 1. The Kier molecular flexibility index (Phi) is 5.81. The van der Waals surface area contributed by atoms with Crippen LogP contribution in [0.3, 0.4) is 0 Å². The van der Waals surface area contributed by atoms with Gasteiger partial charge in [0.2, 0.25) is 4.80 Å². The van der Waals surface area contributed by atoms with Gasteiger partial charge in [0.1, 0.15) is 5.75 Å². The van der Waals surface area contributed by atoms with Crippen molar-refractivity contribution < 1.29 is 4.74 Å². The van der Waals surface area contributed by atoms with Crippen molar-refractivity contribution in [2.75, 3.05) is 7.11 Å².